The molecular formula is C15H19N3O4. The molecule has 0 aromatic heterocycles. The van der Waals surface area contributed by atoms with Crippen molar-refractivity contribution < 1.29 is 19.1 Å². The number of nitrogens with zero attached hydrogens (tertiary/aromatic N) is 2. The second-order valence-electron chi connectivity index (χ2n) is 5.33. The molecular weight excluding hydrogens is 286 g/mol. The Kier molecular flexibility index (Phi) is 4.65. The summed E-state index contributed by atoms with van der Waals surface area (Å²) in [7, 11) is 4.77. The van der Waals surface area contributed by atoms with Crippen LogP contribution in [0.3, 0.4) is 0 Å². The van der Waals surface area contributed by atoms with Crippen molar-refractivity contribution in [1.82, 2.24) is 9.80 Å². The molecule has 0 aliphatic carbocycles. The number of anilines is 1. The first-order valence-electron chi connectivity index (χ1n) is 6.89. The second kappa shape index (κ2) is 6.46. The van der Waals surface area contributed by atoms with E-state index < -0.39 is 6.10 Å². The van der Waals surface area contributed by atoms with Crippen molar-refractivity contribution in [1.29, 1.82) is 0 Å². The number of para-hydroxylation sites is 2. The average molecular weight is 305 g/mol. The van der Waals surface area contributed by atoms with Crippen LogP contribution in [0.25, 0.3) is 0 Å². The molecule has 1 heterocycles. The van der Waals surface area contributed by atoms with Crippen LogP contribution in [0.1, 0.15) is 6.42 Å². The Morgan fingerprint density at radius 3 is 2.55 bits per heavy atom. The van der Waals surface area contributed by atoms with Gasteiger partial charge in [0, 0.05) is 21.1 Å². The number of hydrogen-bond acceptors (Lipinski definition) is 4. The highest BCUT2D eigenvalue weighted by Gasteiger charge is 2.30. The van der Waals surface area contributed by atoms with E-state index in [-0.39, 0.29) is 30.7 Å². The van der Waals surface area contributed by atoms with Crippen molar-refractivity contribution in [3.05, 3.63) is 24.3 Å². The van der Waals surface area contributed by atoms with E-state index in [1.807, 2.05) is 0 Å². The van der Waals surface area contributed by atoms with Gasteiger partial charge in [-0.1, -0.05) is 12.1 Å². The molecule has 1 aromatic carbocycles. The molecule has 0 saturated heterocycles. The molecule has 1 atom stereocenters. The van der Waals surface area contributed by atoms with Gasteiger partial charge in [-0.2, -0.15) is 0 Å². The Hall–Kier alpha value is -2.57. The molecule has 0 saturated carbocycles. The molecule has 1 aliphatic rings. The Balaban J connectivity index is 1.97. The topological polar surface area (TPSA) is 79.0 Å². The SMILES string of the molecule is CN(C)C(=O)CN(C)C(=O)C[C@H]1Oc2ccccc2NC1=O. The third-order valence-corrected chi connectivity index (χ3v) is 3.36. The first-order chi connectivity index (χ1) is 10.4. The summed E-state index contributed by atoms with van der Waals surface area (Å²) >= 11 is 0. The van der Waals surface area contributed by atoms with Crippen LogP contribution in [0, 0.1) is 0 Å². The Bertz CT molecular complexity index is 600. The van der Waals surface area contributed by atoms with Crippen LogP contribution < -0.4 is 10.1 Å². The first-order valence-corrected chi connectivity index (χ1v) is 6.89. The first kappa shape index (κ1) is 15.8. The Labute approximate surface area is 128 Å². The van der Waals surface area contributed by atoms with Gasteiger partial charge in [0.1, 0.15) is 5.75 Å². The molecule has 0 spiro atoms. The third kappa shape index (κ3) is 3.55. The van der Waals surface area contributed by atoms with Gasteiger partial charge in [0.2, 0.25) is 11.8 Å². The largest absolute Gasteiger partial charge is 0.478 e. The van der Waals surface area contributed by atoms with Crippen LogP contribution in [0.5, 0.6) is 5.75 Å². The lowest BCUT2D eigenvalue weighted by atomic mass is 10.1. The summed E-state index contributed by atoms with van der Waals surface area (Å²) in [5.74, 6) is -0.337. The van der Waals surface area contributed by atoms with Crippen molar-refractivity contribution in [2.24, 2.45) is 0 Å². The summed E-state index contributed by atoms with van der Waals surface area (Å²) in [5, 5.41) is 2.70. The summed E-state index contributed by atoms with van der Waals surface area (Å²) < 4.78 is 5.56. The predicted octanol–water partition coefficient (Wildman–Crippen LogP) is 0.323. The quantitative estimate of drug-likeness (QED) is 0.869. The summed E-state index contributed by atoms with van der Waals surface area (Å²) in [4.78, 5) is 38.4. The number of ether oxygens (including phenoxy) is 1. The lowest BCUT2D eigenvalue weighted by Gasteiger charge is -2.27. The van der Waals surface area contributed by atoms with Gasteiger partial charge >= 0.3 is 0 Å². The van der Waals surface area contributed by atoms with Crippen LogP contribution in [0.4, 0.5) is 5.69 Å². The summed E-state index contributed by atoms with van der Waals surface area (Å²) in [6.07, 6.45) is -1.00. The standard InChI is InChI=1S/C15H19N3O4/c1-17(2)14(20)9-18(3)13(19)8-12-15(21)16-10-6-4-5-7-11(10)22-12/h4-7,12H,8-9H2,1-3H3,(H,16,21)/t12-/m1/s1. The Morgan fingerprint density at radius 2 is 1.86 bits per heavy atom. The van der Waals surface area contributed by atoms with Gasteiger partial charge in [-0.3, -0.25) is 14.4 Å². The fourth-order valence-corrected chi connectivity index (χ4v) is 1.97. The van der Waals surface area contributed by atoms with E-state index in [9.17, 15) is 14.4 Å². The maximum absolute atomic E-state index is 12.1. The molecule has 2 rings (SSSR count). The van der Waals surface area contributed by atoms with E-state index in [1.54, 1.807) is 38.4 Å². The molecule has 0 bridgehead atoms. The van der Waals surface area contributed by atoms with Gasteiger partial charge in [0.25, 0.3) is 5.91 Å². The van der Waals surface area contributed by atoms with E-state index in [0.29, 0.717) is 11.4 Å². The van der Waals surface area contributed by atoms with E-state index in [0.717, 1.165) is 0 Å². The minimum Gasteiger partial charge on any atom is -0.478 e. The molecule has 118 valence electrons. The number of amides is 3. The molecule has 1 aliphatic heterocycles. The molecule has 22 heavy (non-hydrogen) atoms. The zero-order chi connectivity index (χ0) is 16.3. The number of fused-ring (bicyclic) bond motifs is 1. The maximum atomic E-state index is 12.1. The van der Waals surface area contributed by atoms with Crippen molar-refractivity contribution in [2.75, 3.05) is 33.0 Å². The average Bonchev–Trinajstić information content (AvgIpc) is 2.47. The molecule has 0 unspecified atom stereocenters. The van der Waals surface area contributed by atoms with Gasteiger partial charge in [0.15, 0.2) is 6.10 Å². The molecule has 7 heteroatoms. The molecule has 7 nitrogen and oxygen atoms in total. The van der Waals surface area contributed by atoms with Crippen molar-refractivity contribution >= 4 is 23.4 Å². The van der Waals surface area contributed by atoms with E-state index >= 15 is 0 Å². The third-order valence-electron chi connectivity index (χ3n) is 3.36. The summed E-state index contributed by atoms with van der Waals surface area (Å²) in [5.41, 5.74) is 0.590. The highest BCUT2D eigenvalue weighted by atomic mass is 16.5. The zero-order valence-corrected chi connectivity index (χ0v) is 12.8. The van der Waals surface area contributed by atoms with Gasteiger partial charge in [-0.05, 0) is 12.1 Å². The molecule has 1 aromatic rings. The van der Waals surface area contributed by atoms with E-state index in [4.69, 9.17) is 4.74 Å². The van der Waals surface area contributed by atoms with Crippen molar-refractivity contribution in [3.63, 3.8) is 0 Å². The number of benzene rings is 1. The Morgan fingerprint density at radius 1 is 1.18 bits per heavy atom. The van der Waals surface area contributed by atoms with E-state index in [1.165, 1.54) is 16.8 Å². The maximum Gasteiger partial charge on any atom is 0.266 e. The smallest absolute Gasteiger partial charge is 0.266 e. The van der Waals surface area contributed by atoms with Crippen LogP contribution in [-0.2, 0) is 14.4 Å². The number of rotatable bonds is 4. The predicted molar refractivity (Wildman–Crippen MR) is 80.4 cm³/mol. The number of likely N-dealkylation sites (N-methyl/N-ethyl adjacent to an activating group) is 2. The normalized spacial score (nSPS) is 16.1. The fraction of sp³-hybridized carbons (Fsp3) is 0.400. The van der Waals surface area contributed by atoms with Crippen LogP contribution >= 0.6 is 0 Å². The van der Waals surface area contributed by atoms with E-state index in [2.05, 4.69) is 5.32 Å². The lowest BCUT2D eigenvalue weighted by Crippen LogP contribution is -2.43. The van der Waals surface area contributed by atoms with Crippen LogP contribution in [0.2, 0.25) is 0 Å². The number of carbonyl (C=O) groups excluding carboxylic acids is 3. The molecule has 0 fully saturated rings. The molecule has 0 radical (unpaired) electrons. The molecule has 1 N–H and O–H groups in total. The summed E-state index contributed by atoms with van der Waals surface area (Å²) in [6.45, 7) is -0.0310. The minimum atomic E-state index is -0.890. The lowest BCUT2D eigenvalue weighted by molar-refractivity contribution is -0.140. The van der Waals surface area contributed by atoms with Gasteiger partial charge in [-0.15, -0.1) is 0 Å². The number of hydrogen-bond donors (Lipinski definition) is 1. The van der Waals surface area contributed by atoms with Crippen LogP contribution in [-0.4, -0.2) is 61.3 Å². The van der Waals surface area contributed by atoms with Gasteiger partial charge < -0.3 is 19.9 Å². The minimum absolute atomic E-state index is 0.0310. The van der Waals surface area contributed by atoms with Gasteiger partial charge in [0.05, 0.1) is 18.7 Å². The van der Waals surface area contributed by atoms with Crippen LogP contribution in [0.15, 0.2) is 24.3 Å². The molecule has 3 amide bonds. The highest BCUT2D eigenvalue weighted by Crippen LogP contribution is 2.29. The van der Waals surface area contributed by atoms with Crippen molar-refractivity contribution in [3.8, 4) is 5.75 Å². The zero-order valence-electron chi connectivity index (χ0n) is 12.8. The highest BCUT2D eigenvalue weighted by molar-refractivity contribution is 6.00. The number of nitrogens with one attached hydrogen (secondary N) is 1. The van der Waals surface area contributed by atoms with Gasteiger partial charge in [-0.25, -0.2) is 0 Å². The monoisotopic (exact) mass is 305 g/mol. The van der Waals surface area contributed by atoms with Crippen molar-refractivity contribution in [2.45, 2.75) is 12.5 Å². The second-order valence-corrected chi connectivity index (χ2v) is 5.33. The fourth-order valence-electron chi connectivity index (χ4n) is 1.97. The number of carbonyl (C=O) groups is 3. The summed E-state index contributed by atoms with van der Waals surface area (Å²) in [6, 6.07) is 7.03.